The fraction of sp³-hybridized carbons (Fsp3) is 0.0667. The molecule has 8 aliphatic heterocycles. The number of pyridine rings is 2. The summed E-state index contributed by atoms with van der Waals surface area (Å²) in [6.07, 6.45) is 0. The molecule has 0 saturated carbocycles. The lowest BCUT2D eigenvalue weighted by Gasteiger charge is -2.54. The molecule has 11 aromatic rings. The van der Waals surface area contributed by atoms with Crippen LogP contribution in [0.3, 0.4) is 0 Å². The van der Waals surface area contributed by atoms with Crippen LogP contribution in [0.4, 0.5) is 34.1 Å². The van der Waals surface area contributed by atoms with Gasteiger partial charge in [-0.05, 0) is 134 Å². The molecule has 69 heavy (non-hydrogen) atoms. The van der Waals surface area contributed by atoms with Crippen LogP contribution in [-0.2, 0) is 0 Å². The van der Waals surface area contributed by atoms with Gasteiger partial charge in [0.25, 0.3) is 20.1 Å². The minimum absolute atomic E-state index is 0.0614. The van der Waals surface area contributed by atoms with Gasteiger partial charge >= 0.3 is 0 Å². The lowest BCUT2D eigenvalue weighted by molar-refractivity contribution is 0.487. The highest BCUT2D eigenvalue weighted by atomic mass is 16.5. The van der Waals surface area contributed by atoms with E-state index in [2.05, 4.69) is 165 Å². The van der Waals surface area contributed by atoms with Crippen molar-refractivity contribution in [2.75, 3.05) is 9.80 Å². The number of para-hydroxylation sites is 4. The molecule has 6 nitrogen and oxygen atoms in total. The normalized spacial score (nSPS) is 15.0. The van der Waals surface area contributed by atoms with Gasteiger partial charge in [-0.1, -0.05) is 103 Å². The first-order valence-corrected chi connectivity index (χ1v) is 24.3. The zero-order valence-electron chi connectivity index (χ0n) is 38.0. The van der Waals surface area contributed by atoms with Crippen LogP contribution in [0.15, 0.2) is 127 Å². The molecule has 10 heterocycles. The monoisotopic (exact) mass is 874 g/mol. The molecular formula is C60H33B3N4O2. The average molecular weight is 874 g/mol. The highest BCUT2D eigenvalue weighted by molar-refractivity contribution is 7.07. The van der Waals surface area contributed by atoms with Gasteiger partial charge in [-0.3, -0.25) is 0 Å². The van der Waals surface area contributed by atoms with Gasteiger partial charge in [0.1, 0.15) is 23.0 Å². The number of ether oxygens (including phenoxy) is 2. The summed E-state index contributed by atoms with van der Waals surface area (Å²) in [6.45, 7) is 8.51. The second-order valence-electron chi connectivity index (χ2n) is 20.9. The molecule has 19 rings (SSSR count). The zero-order valence-corrected chi connectivity index (χ0v) is 38.0. The van der Waals surface area contributed by atoms with Crippen LogP contribution in [0.25, 0.3) is 65.9 Å². The lowest BCUT2D eigenvalue weighted by atomic mass is 9.25. The molecule has 0 bridgehead atoms. The number of benzene rings is 9. The molecule has 9 aromatic carbocycles. The van der Waals surface area contributed by atoms with E-state index in [9.17, 15) is 0 Å². The Morgan fingerprint density at radius 1 is 0.377 bits per heavy atom. The molecule has 8 aliphatic rings. The van der Waals surface area contributed by atoms with Gasteiger partial charge in [0, 0.05) is 44.0 Å². The summed E-state index contributed by atoms with van der Waals surface area (Å²) >= 11 is 0. The molecule has 9 heteroatoms. The molecule has 0 atom stereocenters. The summed E-state index contributed by atoms with van der Waals surface area (Å²) in [4.78, 5) is 16.8. The molecule has 0 spiro atoms. The summed E-state index contributed by atoms with van der Waals surface area (Å²) in [6, 6.07) is 48.4. The third kappa shape index (κ3) is 3.64. The summed E-state index contributed by atoms with van der Waals surface area (Å²) in [5.74, 6) is 3.73. The smallest absolute Gasteiger partial charge is 0.256 e. The van der Waals surface area contributed by atoms with E-state index in [1.54, 1.807) is 0 Å². The highest BCUT2D eigenvalue weighted by Gasteiger charge is 2.57. The standard InChI is InChI=1S/C60H33B3N4O2/c1-26-17-19-36-42(21-26)68-44-23-34-30-11-5-9-28(3)51(30)64-53-32-13-7-15-38-55(32)66-57-40(61(36)48(44)59(66)46(34)53)25-41-58-50(57)63(38)39-16-8-14-33-54-47-35(31-12-6-10-29(4)52(31)65-54)24-45-49(60(47)67(58)56(33)39)62(41)37-20-18-27(2)22-43(37)69-45/h5-25H,1-4H3. The summed E-state index contributed by atoms with van der Waals surface area (Å²) in [5.41, 5.74) is 30.3. The third-order valence-corrected chi connectivity index (χ3v) is 17.4. The van der Waals surface area contributed by atoms with Crippen LogP contribution in [-0.4, -0.2) is 30.1 Å². The molecular weight excluding hydrogens is 841 g/mol. The van der Waals surface area contributed by atoms with E-state index in [4.69, 9.17) is 19.4 Å². The molecule has 0 unspecified atom stereocenters. The van der Waals surface area contributed by atoms with Crippen LogP contribution in [0.1, 0.15) is 22.3 Å². The first-order chi connectivity index (χ1) is 33.9. The van der Waals surface area contributed by atoms with E-state index in [1.165, 1.54) is 138 Å². The Bertz CT molecular complexity index is 4260. The predicted octanol–water partition coefficient (Wildman–Crippen LogP) is 8.24. The van der Waals surface area contributed by atoms with E-state index < -0.39 is 0 Å². The average Bonchev–Trinajstić information content (AvgIpc) is 3.36. The van der Waals surface area contributed by atoms with Gasteiger partial charge < -0.3 is 19.3 Å². The predicted molar refractivity (Wildman–Crippen MR) is 285 cm³/mol. The van der Waals surface area contributed by atoms with Crippen molar-refractivity contribution in [2.45, 2.75) is 27.7 Å². The van der Waals surface area contributed by atoms with Crippen molar-refractivity contribution in [3.8, 4) is 45.5 Å². The Labute approximate surface area is 397 Å². The molecule has 0 N–H and O–H groups in total. The quantitative estimate of drug-likeness (QED) is 0.113. The van der Waals surface area contributed by atoms with E-state index in [-0.39, 0.29) is 20.1 Å². The number of aromatic nitrogens is 2. The van der Waals surface area contributed by atoms with Crippen LogP contribution in [0, 0.1) is 27.7 Å². The summed E-state index contributed by atoms with van der Waals surface area (Å²) in [5, 5.41) is 7.10. The zero-order chi connectivity index (χ0) is 44.8. The molecule has 0 saturated heterocycles. The van der Waals surface area contributed by atoms with E-state index in [0.717, 1.165) is 56.2 Å². The number of rotatable bonds is 0. The maximum atomic E-state index is 7.24. The van der Waals surface area contributed by atoms with Crippen molar-refractivity contribution in [1.82, 2.24) is 9.97 Å². The molecule has 2 aromatic heterocycles. The largest absolute Gasteiger partial charge is 0.458 e. The van der Waals surface area contributed by atoms with Gasteiger partial charge in [0.15, 0.2) is 0 Å². The maximum absolute atomic E-state index is 7.24. The van der Waals surface area contributed by atoms with Crippen molar-refractivity contribution < 1.29 is 9.47 Å². The minimum Gasteiger partial charge on any atom is -0.458 e. The van der Waals surface area contributed by atoms with Crippen LogP contribution >= 0.6 is 0 Å². The van der Waals surface area contributed by atoms with Gasteiger partial charge in [-0.2, -0.15) is 0 Å². The van der Waals surface area contributed by atoms with Gasteiger partial charge in [-0.25, -0.2) is 9.97 Å². The Kier molecular flexibility index (Phi) is 5.58. The number of fused-ring (bicyclic) bond motifs is 14. The Morgan fingerprint density at radius 2 is 0.841 bits per heavy atom. The van der Waals surface area contributed by atoms with Gasteiger partial charge in [0.05, 0.1) is 45.2 Å². The Hall–Kier alpha value is -8.29. The number of nitrogens with zero attached hydrogens (tertiary/aromatic N) is 4. The summed E-state index contributed by atoms with van der Waals surface area (Å²) < 4.78 is 14.5. The molecule has 0 fully saturated rings. The van der Waals surface area contributed by atoms with Crippen molar-refractivity contribution in [3.63, 3.8) is 0 Å². The fourth-order valence-corrected chi connectivity index (χ4v) is 14.9. The number of hydrogen-bond acceptors (Lipinski definition) is 6. The van der Waals surface area contributed by atoms with E-state index in [0.29, 0.717) is 0 Å². The van der Waals surface area contributed by atoms with Crippen LogP contribution in [0.2, 0.25) is 0 Å². The lowest BCUT2D eigenvalue weighted by Crippen LogP contribution is -2.72. The first kappa shape index (κ1) is 34.9. The minimum atomic E-state index is -0.0839. The number of hydrogen-bond donors (Lipinski definition) is 0. The Morgan fingerprint density at radius 3 is 1.33 bits per heavy atom. The second-order valence-corrected chi connectivity index (χ2v) is 20.9. The van der Waals surface area contributed by atoms with E-state index >= 15 is 0 Å². The molecule has 0 amide bonds. The van der Waals surface area contributed by atoms with Crippen molar-refractivity contribution >= 4 is 147 Å². The topological polar surface area (TPSA) is 50.7 Å². The number of aryl methyl sites for hydroxylation is 4. The van der Waals surface area contributed by atoms with Crippen LogP contribution < -0.4 is 68.4 Å². The van der Waals surface area contributed by atoms with E-state index in [1.807, 2.05) is 0 Å². The molecule has 0 radical (unpaired) electrons. The molecule has 314 valence electrons. The van der Waals surface area contributed by atoms with Gasteiger partial charge in [0.2, 0.25) is 0 Å². The van der Waals surface area contributed by atoms with Crippen LogP contribution in [0.5, 0.6) is 23.0 Å². The SMILES string of the molecule is Cc1ccc2c(c1)Oc1cc3c4c(nc5c(C)cccc53)-c3cccc5c3N3c6c(cc7c8c6B5c5cccc6c5N8c5c8c(cc9c5c-6nc5c(C)cccc59)Oc5cc(C)ccc5B78)B2c1c43. The first-order valence-electron chi connectivity index (χ1n) is 24.3. The number of anilines is 6. The van der Waals surface area contributed by atoms with Crippen molar-refractivity contribution in [2.24, 2.45) is 0 Å². The third-order valence-electron chi connectivity index (χ3n) is 17.4. The molecule has 0 aliphatic carbocycles. The maximum Gasteiger partial charge on any atom is 0.256 e. The van der Waals surface area contributed by atoms with Crippen molar-refractivity contribution in [3.05, 3.63) is 150 Å². The Balaban J connectivity index is 1.06. The second kappa shape index (κ2) is 11.0. The van der Waals surface area contributed by atoms with Crippen molar-refractivity contribution in [1.29, 1.82) is 0 Å². The highest BCUT2D eigenvalue weighted by Crippen LogP contribution is 2.59. The summed E-state index contributed by atoms with van der Waals surface area (Å²) in [7, 11) is 0. The van der Waals surface area contributed by atoms with Gasteiger partial charge in [-0.15, -0.1) is 0 Å². The fourth-order valence-electron chi connectivity index (χ4n) is 14.9.